The van der Waals surface area contributed by atoms with E-state index in [1.54, 1.807) is 6.07 Å². The number of fused-ring (bicyclic) bond motifs is 1. The van der Waals surface area contributed by atoms with Crippen LogP contribution in [0, 0.1) is 13.8 Å². The topological polar surface area (TPSA) is 78.0 Å². The van der Waals surface area contributed by atoms with E-state index in [4.69, 9.17) is 0 Å². The zero-order chi connectivity index (χ0) is 16.4. The second-order valence-corrected chi connectivity index (χ2v) is 5.64. The van der Waals surface area contributed by atoms with Crippen molar-refractivity contribution in [2.45, 2.75) is 26.5 Å². The third kappa shape index (κ3) is 3.10. The minimum absolute atomic E-state index is 0.345. The minimum Gasteiger partial charge on any atom is -0.378 e. The van der Waals surface area contributed by atoms with Crippen LogP contribution in [0.15, 0.2) is 42.5 Å². The zero-order valence-corrected chi connectivity index (χ0v) is 13.1. The van der Waals surface area contributed by atoms with Crippen molar-refractivity contribution >= 4 is 16.7 Å². The summed E-state index contributed by atoms with van der Waals surface area (Å²) in [4.78, 5) is 12.2. The van der Waals surface area contributed by atoms with Crippen LogP contribution in [0.3, 0.4) is 0 Å². The number of aliphatic hydroxyl groups is 1. The van der Waals surface area contributed by atoms with Crippen LogP contribution in [-0.2, 0) is 11.3 Å². The molecule has 3 aromatic rings. The molecule has 0 saturated carbocycles. The molecule has 0 saturated heterocycles. The Balaban J connectivity index is 1.73. The Bertz CT molecular complexity index is 835. The van der Waals surface area contributed by atoms with Crippen LogP contribution in [0.5, 0.6) is 0 Å². The number of aromatic amines is 1. The molecule has 0 spiro atoms. The number of nitrogens with one attached hydrogen (secondary N) is 2. The molecule has 0 fully saturated rings. The Labute approximate surface area is 134 Å². The summed E-state index contributed by atoms with van der Waals surface area (Å²) in [5.41, 5.74) is 3.30. The fourth-order valence-electron chi connectivity index (χ4n) is 2.64. The summed E-state index contributed by atoms with van der Waals surface area (Å²) < 4.78 is 0. The predicted molar refractivity (Wildman–Crippen MR) is 88.8 cm³/mol. The van der Waals surface area contributed by atoms with E-state index >= 15 is 0 Å². The molecule has 2 aromatic carbocycles. The number of aliphatic hydroxyl groups excluding tert-OH is 1. The molecule has 5 nitrogen and oxygen atoms in total. The van der Waals surface area contributed by atoms with E-state index in [2.05, 4.69) is 15.5 Å². The Morgan fingerprint density at radius 2 is 1.96 bits per heavy atom. The largest absolute Gasteiger partial charge is 0.378 e. The summed E-state index contributed by atoms with van der Waals surface area (Å²) in [5.74, 6) is -0.416. The van der Waals surface area contributed by atoms with Crippen molar-refractivity contribution in [2.24, 2.45) is 0 Å². The Hall–Kier alpha value is -2.66. The number of benzene rings is 2. The number of amides is 1. The summed E-state index contributed by atoms with van der Waals surface area (Å²) in [6, 6.07) is 13.4. The van der Waals surface area contributed by atoms with Gasteiger partial charge in [0.25, 0.3) is 5.91 Å². The third-order valence-corrected chi connectivity index (χ3v) is 4.06. The quantitative estimate of drug-likeness (QED) is 0.693. The molecule has 0 unspecified atom stereocenters. The van der Waals surface area contributed by atoms with Gasteiger partial charge in [0, 0.05) is 17.8 Å². The van der Waals surface area contributed by atoms with Gasteiger partial charge in [-0.3, -0.25) is 9.89 Å². The Morgan fingerprint density at radius 1 is 1.22 bits per heavy atom. The van der Waals surface area contributed by atoms with Crippen LogP contribution in [0.1, 0.15) is 28.6 Å². The highest BCUT2D eigenvalue weighted by molar-refractivity contribution is 5.86. The highest BCUT2D eigenvalue weighted by Gasteiger charge is 2.18. The van der Waals surface area contributed by atoms with Crippen molar-refractivity contribution in [3.63, 3.8) is 0 Å². The third-order valence-electron chi connectivity index (χ3n) is 4.06. The van der Waals surface area contributed by atoms with Crippen molar-refractivity contribution in [1.29, 1.82) is 0 Å². The first-order valence-electron chi connectivity index (χ1n) is 7.51. The molecule has 23 heavy (non-hydrogen) atoms. The summed E-state index contributed by atoms with van der Waals surface area (Å²) in [6.07, 6.45) is -1.19. The van der Waals surface area contributed by atoms with Gasteiger partial charge in [0.05, 0.1) is 5.69 Å². The standard InChI is InChI=1S/C18H19N3O2/c1-11-16(12(2)21-20-11)10-19-18(23)17(22)15-8-7-13-5-3-4-6-14(13)9-15/h3-9,17,22H,10H2,1-2H3,(H,19,23)(H,20,21)/t17-/m1/s1. The number of carbonyl (C=O) groups excluding carboxylic acids is 1. The second kappa shape index (κ2) is 6.22. The van der Waals surface area contributed by atoms with Gasteiger partial charge in [0.1, 0.15) is 0 Å². The maximum atomic E-state index is 12.2. The van der Waals surface area contributed by atoms with Gasteiger partial charge in [-0.1, -0.05) is 36.4 Å². The molecular formula is C18H19N3O2. The summed E-state index contributed by atoms with van der Waals surface area (Å²) in [5, 5.41) is 22.1. The number of hydrogen-bond acceptors (Lipinski definition) is 3. The summed E-state index contributed by atoms with van der Waals surface area (Å²) in [7, 11) is 0. The van der Waals surface area contributed by atoms with Crippen molar-refractivity contribution < 1.29 is 9.90 Å². The van der Waals surface area contributed by atoms with Crippen LogP contribution in [-0.4, -0.2) is 21.2 Å². The fraction of sp³-hybridized carbons (Fsp3) is 0.222. The molecule has 0 bridgehead atoms. The molecule has 1 heterocycles. The molecule has 1 atom stereocenters. The number of H-pyrrole nitrogens is 1. The number of hydrogen-bond donors (Lipinski definition) is 3. The van der Waals surface area contributed by atoms with Gasteiger partial charge in [-0.15, -0.1) is 0 Å². The lowest BCUT2D eigenvalue weighted by Crippen LogP contribution is -2.29. The second-order valence-electron chi connectivity index (χ2n) is 5.64. The molecule has 5 heteroatoms. The van der Waals surface area contributed by atoms with E-state index in [0.717, 1.165) is 27.7 Å². The van der Waals surface area contributed by atoms with Gasteiger partial charge in [0.2, 0.25) is 0 Å². The number of aryl methyl sites for hydroxylation is 2. The average molecular weight is 309 g/mol. The molecule has 0 aliphatic heterocycles. The first-order valence-corrected chi connectivity index (χ1v) is 7.51. The molecule has 3 rings (SSSR count). The average Bonchev–Trinajstić information content (AvgIpc) is 2.89. The van der Waals surface area contributed by atoms with Gasteiger partial charge >= 0.3 is 0 Å². The maximum absolute atomic E-state index is 12.2. The fourth-order valence-corrected chi connectivity index (χ4v) is 2.64. The lowest BCUT2D eigenvalue weighted by atomic mass is 10.0. The van der Waals surface area contributed by atoms with Gasteiger partial charge < -0.3 is 10.4 Å². The van der Waals surface area contributed by atoms with Crippen LogP contribution in [0.25, 0.3) is 10.8 Å². The SMILES string of the molecule is Cc1n[nH]c(C)c1CNC(=O)[C@H](O)c1ccc2ccccc2c1. The van der Waals surface area contributed by atoms with Gasteiger partial charge in [-0.2, -0.15) is 5.10 Å². The number of carbonyl (C=O) groups is 1. The monoisotopic (exact) mass is 309 g/mol. The first kappa shape index (κ1) is 15.2. The Morgan fingerprint density at radius 3 is 2.65 bits per heavy atom. The molecular weight excluding hydrogens is 290 g/mol. The van der Waals surface area contributed by atoms with Crippen molar-refractivity contribution in [3.05, 3.63) is 65.0 Å². The highest BCUT2D eigenvalue weighted by atomic mass is 16.3. The molecule has 0 aliphatic rings. The summed E-state index contributed by atoms with van der Waals surface area (Å²) >= 11 is 0. The van der Waals surface area contributed by atoms with Crippen LogP contribution in [0.4, 0.5) is 0 Å². The molecule has 0 radical (unpaired) electrons. The van der Waals surface area contributed by atoms with Crippen LogP contribution < -0.4 is 5.32 Å². The molecule has 1 amide bonds. The van der Waals surface area contributed by atoms with Crippen molar-refractivity contribution in [3.8, 4) is 0 Å². The first-order chi connectivity index (χ1) is 11.1. The van der Waals surface area contributed by atoms with E-state index in [1.165, 1.54) is 0 Å². The van der Waals surface area contributed by atoms with E-state index in [1.807, 2.05) is 50.2 Å². The Kier molecular flexibility index (Phi) is 4.12. The van der Waals surface area contributed by atoms with Crippen molar-refractivity contribution in [1.82, 2.24) is 15.5 Å². The zero-order valence-electron chi connectivity index (χ0n) is 13.1. The molecule has 118 valence electrons. The predicted octanol–water partition coefficient (Wildman–Crippen LogP) is 2.53. The number of aromatic nitrogens is 2. The van der Waals surface area contributed by atoms with E-state index in [-0.39, 0.29) is 0 Å². The van der Waals surface area contributed by atoms with Gasteiger partial charge in [-0.05, 0) is 36.2 Å². The van der Waals surface area contributed by atoms with Crippen LogP contribution in [0.2, 0.25) is 0 Å². The molecule has 3 N–H and O–H groups in total. The van der Waals surface area contributed by atoms with E-state index in [9.17, 15) is 9.90 Å². The van der Waals surface area contributed by atoms with E-state index < -0.39 is 12.0 Å². The number of nitrogens with zero attached hydrogens (tertiary/aromatic N) is 1. The molecule has 1 aromatic heterocycles. The lowest BCUT2D eigenvalue weighted by molar-refractivity contribution is -0.129. The number of rotatable bonds is 4. The molecule has 0 aliphatic carbocycles. The lowest BCUT2D eigenvalue weighted by Gasteiger charge is -2.12. The smallest absolute Gasteiger partial charge is 0.253 e. The normalized spacial score (nSPS) is 12.3. The van der Waals surface area contributed by atoms with Crippen molar-refractivity contribution in [2.75, 3.05) is 0 Å². The van der Waals surface area contributed by atoms with Crippen LogP contribution >= 0.6 is 0 Å². The summed E-state index contributed by atoms with van der Waals surface area (Å²) in [6.45, 7) is 4.13. The maximum Gasteiger partial charge on any atom is 0.253 e. The van der Waals surface area contributed by atoms with E-state index in [0.29, 0.717) is 12.1 Å². The van der Waals surface area contributed by atoms with Gasteiger partial charge in [-0.25, -0.2) is 0 Å². The minimum atomic E-state index is -1.19. The highest BCUT2D eigenvalue weighted by Crippen LogP contribution is 2.20. The van der Waals surface area contributed by atoms with Gasteiger partial charge in [0.15, 0.2) is 6.10 Å².